The molecule has 3 rings (SSSR count). The van der Waals surface area contributed by atoms with Gasteiger partial charge in [-0.25, -0.2) is 4.98 Å². The third-order valence-corrected chi connectivity index (χ3v) is 4.79. The van der Waals surface area contributed by atoms with Gasteiger partial charge >= 0.3 is 0 Å². The Morgan fingerprint density at radius 2 is 2.00 bits per heavy atom. The number of nitrogens with one attached hydrogen (secondary N) is 1. The molecule has 0 amide bonds. The summed E-state index contributed by atoms with van der Waals surface area (Å²) in [5.41, 5.74) is 1.03. The minimum atomic E-state index is -0.148. The number of anilines is 1. The van der Waals surface area contributed by atoms with Crippen molar-refractivity contribution in [3.63, 3.8) is 0 Å². The molecule has 1 aromatic heterocycles. The van der Waals surface area contributed by atoms with Gasteiger partial charge in [0.1, 0.15) is 5.82 Å². The molecule has 0 spiro atoms. The fraction of sp³-hybridized carbons (Fsp3) is 0.722. The Morgan fingerprint density at radius 1 is 1.26 bits per heavy atom. The molecule has 5 nitrogen and oxygen atoms in total. The van der Waals surface area contributed by atoms with Crippen LogP contribution in [0.5, 0.6) is 0 Å². The second-order valence-corrected chi connectivity index (χ2v) is 7.69. The van der Waals surface area contributed by atoms with E-state index in [0.717, 1.165) is 45.1 Å². The van der Waals surface area contributed by atoms with Crippen molar-refractivity contribution < 1.29 is 9.47 Å². The number of ether oxygens (including phenoxy) is 2. The SMILES string of the molecule is CC1(C)CC(NCc2cccnc2N2CCOCC2)C(C)(C)O1. The Morgan fingerprint density at radius 3 is 2.65 bits per heavy atom. The average Bonchev–Trinajstić information content (AvgIpc) is 2.73. The zero-order chi connectivity index (χ0) is 16.5. The standard InChI is InChI=1S/C18H29N3O2/c1-17(2)12-15(18(3,4)23-17)20-13-14-6-5-7-19-16(14)21-8-10-22-11-9-21/h5-7,15,20H,8-13H2,1-4H3. The molecule has 1 N–H and O–H groups in total. The summed E-state index contributed by atoms with van der Waals surface area (Å²) >= 11 is 0. The van der Waals surface area contributed by atoms with Gasteiger partial charge in [-0.1, -0.05) is 6.07 Å². The third kappa shape index (κ3) is 3.84. The molecule has 0 aliphatic carbocycles. The maximum absolute atomic E-state index is 6.18. The number of hydrogen-bond acceptors (Lipinski definition) is 5. The van der Waals surface area contributed by atoms with Gasteiger partial charge in [-0.3, -0.25) is 0 Å². The van der Waals surface area contributed by atoms with E-state index in [-0.39, 0.29) is 11.2 Å². The molecule has 1 atom stereocenters. The highest BCUT2D eigenvalue weighted by Crippen LogP contribution is 2.37. The number of nitrogens with zero attached hydrogens (tertiary/aromatic N) is 2. The molecule has 23 heavy (non-hydrogen) atoms. The van der Waals surface area contributed by atoms with E-state index in [1.54, 1.807) is 0 Å². The largest absolute Gasteiger partial charge is 0.378 e. The van der Waals surface area contributed by atoms with E-state index >= 15 is 0 Å². The monoisotopic (exact) mass is 319 g/mol. The van der Waals surface area contributed by atoms with Gasteiger partial charge in [-0.05, 0) is 40.2 Å². The summed E-state index contributed by atoms with van der Waals surface area (Å²) in [5, 5.41) is 3.70. The molecule has 2 saturated heterocycles. The van der Waals surface area contributed by atoms with Gasteiger partial charge in [-0.2, -0.15) is 0 Å². The van der Waals surface area contributed by atoms with Gasteiger partial charge < -0.3 is 19.7 Å². The van der Waals surface area contributed by atoms with E-state index in [0.29, 0.717) is 6.04 Å². The van der Waals surface area contributed by atoms with E-state index in [1.165, 1.54) is 5.56 Å². The van der Waals surface area contributed by atoms with Crippen molar-refractivity contribution in [2.24, 2.45) is 0 Å². The second kappa shape index (κ2) is 6.38. The first kappa shape index (κ1) is 16.7. The van der Waals surface area contributed by atoms with Crippen LogP contribution in [0.1, 0.15) is 39.7 Å². The first-order chi connectivity index (χ1) is 10.9. The van der Waals surface area contributed by atoms with Crippen LogP contribution in [0.4, 0.5) is 5.82 Å². The second-order valence-electron chi connectivity index (χ2n) is 7.69. The molecule has 128 valence electrons. The van der Waals surface area contributed by atoms with Crippen LogP contribution in [0, 0.1) is 0 Å². The van der Waals surface area contributed by atoms with Gasteiger partial charge in [0.2, 0.25) is 0 Å². The van der Waals surface area contributed by atoms with Crippen LogP contribution < -0.4 is 10.2 Å². The van der Waals surface area contributed by atoms with Crippen LogP contribution in [0.25, 0.3) is 0 Å². The highest BCUT2D eigenvalue weighted by molar-refractivity contribution is 5.47. The maximum atomic E-state index is 6.18. The third-order valence-electron chi connectivity index (χ3n) is 4.79. The number of pyridine rings is 1. The Bertz CT molecular complexity index is 539. The van der Waals surface area contributed by atoms with Gasteiger partial charge in [0.25, 0.3) is 0 Å². The number of rotatable bonds is 4. The topological polar surface area (TPSA) is 46.6 Å². The van der Waals surface area contributed by atoms with Crippen molar-refractivity contribution in [1.82, 2.24) is 10.3 Å². The molecular formula is C18H29N3O2. The molecular weight excluding hydrogens is 290 g/mol. The Labute approximate surface area is 139 Å². The summed E-state index contributed by atoms with van der Waals surface area (Å²) in [7, 11) is 0. The number of aromatic nitrogens is 1. The summed E-state index contributed by atoms with van der Waals surface area (Å²) in [6.45, 7) is 12.9. The first-order valence-electron chi connectivity index (χ1n) is 8.58. The quantitative estimate of drug-likeness (QED) is 0.923. The van der Waals surface area contributed by atoms with Crippen LogP contribution in [0.2, 0.25) is 0 Å². The average molecular weight is 319 g/mol. The van der Waals surface area contributed by atoms with Gasteiger partial charge in [0, 0.05) is 37.4 Å². The molecule has 1 aromatic rings. The van der Waals surface area contributed by atoms with E-state index in [2.05, 4.69) is 49.0 Å². The Balaban J connectivity index is 1.69. The lowest BCUT2D eigenvalue weighted by Crippen LogP contribution is -2.43. The highest BCUT2D eigenvalue weighted by Gasteiger charge is 2.45. The van der Waals surface area contributed by atoms with Crippen molar-refractivity contribution in [3.05, 3.63) is 23.9 Å². The molecule has 3 heterocycles. The van der Waals surface area contributed by atoms with Crippen molar-refractivity contribution in [2.75, 3.05) is 31.2 Å². The van der Waals surface area contributed by atoms with Crippen LogP contribution in [-0.2, 0) is 16.0 Å². The van der Waals surface area contributed by atoms with Crippen LogP contribution in [-0.4, -0.2) is 48.5 Å². The predicted octanol–water partition coefficient (Wildman–Crippen LogP) is 2.35. The summed E-state index contributed by atoms with van der Waals surface area (Å²) < 4.78 is 11.6. The van der Waals surface area contributed by atoms with Crippen molar-refractivity contribution in [3.8, 4) is 0 Å². The van der Waals surface area contributed by atoms with Crippen molar-refractivity contribution >= 4 is 5.82 Å². The fourth-order valence-corrected chi connectivity index (χ4v) is 3.74. The van der Waals surface area contributed by atoms with Crippen LogP contribution in [0.15, 0.2) is 18.3 Å². The number of hydrogen-bond donors (Lipinski definition) is 1. The highest BCUT2D eigenvalue weighted by atomic mass is 16.5. The summed E-state index contributed by atoms with van der Waals surface area (Å²) in [4.78, 5) is 6.93. The normalized spacial score (nSPS) is 26.4. The van der Waals surface area contributed by atoms with Crippen LogP contribution >= 0.6 is 0 Å². The smallest absolute Gasteiger partial charge is 0.133 e. The molecule has 0 radical (unpaired) electrons. The molecule has 2 aliphatic rings. The molecule has 0 bridgehead atoms. The van der Waals surface area contributed by atoms with Gasteiger partial charge in [-0.15, -0.1) is 0 Å². The predicted molar refractivity (Wildman–Crippen MR) is 91.8 cm³/mol. The fourth-order valence-electron chi connectivity index (χ4n) is 3.74. The van der Waals surface area contributed by atoms with Crippen molar-refractivity contribution in [2.45, 2.75) is 57.9 Å². The molecule has 2 fully saturated rings. The van der Waals surface area contributed by atoms with E-state index < -0.39 is 0 Å². The molecule has 0 saturated carbocycles. The summed E-state index contributed by atoms with van der Waals surface area (Å²) in [5.74, 6) is 1.08. The summed E-state index contributed by atoms with van der Waals surface area (Å²) in [6, 6.07) is 4.52. The zero-order valence-electron chi connectivity index (χ0n) is 14.8. The molecule has 1 unspecified atom stereocenters. The van der Waals surface area contributed by atoms with Gasteiger partial charge in [0.05, 0.1) is 24.4 Å². The maximum Gasteiger partial charge on any atom is 0.133 e. The first-order valence-corrected chi connectivity index (χ1v) is 8.58. The lowest BCUT2D eigenvalue weighted by Gasteiger charge is -2.31. The lowest BCUT2D eigenvalue weighted by molar-refractivity contribution is -0.0699. The lowest BCUT2D eigenvalue weighted by atomic mass is 9.94. The van der Waals surface area contributed by atoms with E-state index in [1.807, 2.05) is 12.3 Å². The Hall–Kier alpha value is -1.17. The van der Waals surface area contributed by atoms with Crippen LogP contribution in [0.3, 0.4) is 0 Å². The minimum Gasteiger partial charge on any atom is -0.378 e. The molecule has 5 heteroatoms. The molecule has 0 aromatic carbocycles. The van der Waals surface area contributed by atoms with Crippen molar-refractivity contribution in [1.29, 1.82) is 0 Å². The van der Waals surface area contributed by atoms with Gasteiger partial charge in [0.15, 0.2) is 0 Å². The summed E-state index contributed by atoms with van der Waals surface area (Å²) in [6.07, 6.45) is 2.90. The zero-order valence-corrected chi connectivity index (χ0v) is 14.8. The number of morpholine rings is 1. The Kier molecular flexibility index (Phi) is 4.63. The minimum absolute atomic E-state index is 0.0663. The molecule has 2 aliphatic heterocycles. The van der Waals surface area contributed by atoms with E-state index in [4.69, 9.17) is 9.47 Å². The van der Waals surface area contributed by atoms with E-state index in [9.17, 15) is 0 Å².